The van der Waals surface area contributed by atoms with Crippen molar-refractivity contribution >= 4 is 23.2 Å². The molecule has 0 heterocycles. The topological polar surface area (TPSA) is 58.2 Å². The van der Waals surface area contributed by atoms with Crippen LogP contribution in [-0.2, 0) is 9.59 Å². The summed E-state index contributed by atoms with van der Waals surface area (Å²) in [5, 5.41) is 5.89. The second-order valence-electron chi connectivity index (χ2n) is 8.75. The molecule has 4 nitrogen and oxygen atoms in total. The van der Waals surface area contributed by atoms with E-state index in [4.69, 9.17) is 0 Å². The van der Waals surface area contributed by atoms with E-state index in [1.807, 2.05) is 52.0 Å². The molecule has 2 N–H and O–H groups in total. The number of nitrogens with one attached hydrogen (secondary N) is 2. The molecular formula is C29H52N2O2. The number of hydrogen-bond acceptors (Lipinski definition) is 2. The predicted octanol–water partition coefficient (Wildman–Crippen LogP) is 8.52. The lowest BCUT2D eigenvalue weighted by atomic mass is 9.67. The minimum Gasteiger partial charge on any atom is -0.326 e. The number of allylic oxidation sites excluding steroid dienone is 1. The van der Waals surface area contributed by atoms with Crippen molar-refractivity contribution in [3.63, 3.8) is 0 Å². The average Bonchev–Trinajstić information content (AvgIpc) is 2.80. The second kappa shape index (κ2) is 17.4. The van der Waals surface area contributed by atoms with Gasteiger partial charge in [0.25, 0.3) is 0 Å². The van der Waals surface area contributed by atoms with Crippen LogP contribution in [0.3, 0.4) is 0 Å². The third-order valence-corrected chi connectivity index (χ3v) is 6.73. The van der Waals surface area contributed by atoms with Crippen LogP contribution in [0, 0.1) is 29.6 Å². The molecule has 1 rings (SSSR count). The van der Waals surface area contributed by atoms with Gasteiger partial charge >= 0.3 is 0 Å². The summed E-state index contributed by atoms with van der Waals surface area (Å²) in [6.45, 7) is 28.7. The smallest absolute Gasteiger partial charge is 0.221 e. The SMILES string of the molecule is C=CC(C)C(C)C(C)C(C)C(c1cc(NC(C)=O)ccc1NC(C)=O)C(C)CC.CC.CC. The van der Waals surface area contributed by atoms with Crippen LogP contribution in [0.5, 0.6) is 0 Å². The van der Waals surface area contributed by atoms with Crippen LogP contribution in [0.15, 0.2) is 30.9 Å². The minimum atomic E-state index is -0.0989. The molecule has 0 radical (unpaired) electrons. The van der Waals surface area contributed by atoms with E-state index in [1.54, 1.807) is 0 Å². The molecule has 6 unspecified atom stereocenters. The van der Waals surface area contributed by atoms with Gasteiger partial charge in [0, 0.05) is 25.2 Å². The highest BCUT2D eigenvalue weighted by Gasteiger charge is 2.33. The van der Waals surface area contributed by atoms with Crippen LogP contribution in [-0.4, -0.2) is 11.8 Å². The maximum Gasteiger partial charge on any atom is 0.221 e. The van der Waals surface area contributed by atoms with Gasteiger partial charge in [0.2, 0.25) is 11.8 Å². The van der Waals surface area contributed by atoms with E-state index in [0.29, 0.717) is 29.6 Å². The molecule has 0 saturated carbocycles. The number of carbonyl (C=O) groups is 2. The van der Waals surface area contributed by atoms with Gasteiger partial charge in [-0.2, -0.15) is 0 Å². The molecule has 6 atom stereocenters. The third kappa shape index (κ3) is 10.6. The van der Waals surface area contributed by atoms with E-state index in [9.17, 15) is 9.59 Å². The van der Waals surface area contributed by atoms with Crippen LogP contribution in [0.4, 0.5) is 11.4 Å². The molecule has 0 aliphatic rings. The Labute approximate surface area is 205 Å². The Kier molecular flexibility index (Phi) is 17.4. The molecule has 0 saturated heterocycles. The largest absolute Gasteiger partial charge is 0.326 e. The maximum absolute atomic E-state index is 11.8. The monoisotopic (exact) mass is 460 g/mol. The first-order valence-corrected chi connectivity index (χ1v) is 12.8. The minimum absolute atomic E-state index is 0.0872. The van der Waals surface area contributed by atoms with Crippen molar-refractivity contribution in [2.45, 2.75) is 95.4 Å². The molecule has 4 heteroatoms. The van der Waals surface area contributed by atoms with E-state index in [-0.39, 0.29) is 17.7 Å². The van der Waals surface area contributed by atoms with Gasteiger partial charge in [-0.05, 0) is 59.3 Å². The highest BCUT2D eigenvalue weighted by Crippen LogP contribution is 2.44. The molecule has 0 aliphatic carbocycles. The number of rotatable bonds is 10. The molecule has 0 aliphatic heterocycles. The van der Waals surface area contributed by atoms with Crippen molar-refractivity contribution in [1.82, 2.24) is 0 Å². The summed E-state index contributed by atoms with van der Waals surface area (Å²) < 4.78 is 0. The zero-order chi connectivity index (χ0) is 26.3. The molecule has 1 aromatic rings. The summed E-state index contributed by atoms with van der Waals surface area (Å²) in [5.41, 5.74) is 2.70. The third-order valence-electron chi connectivity index (χ3n) is 6.73. The molecular weight excluding hydrogens is 408 g/mol. The number of hydrogen-bond donors (Lipinski definition) is 2. The Hall–Kier alpha value is -2.10. The normalized spacial score (nSPS) is 15.6. The van der Waals surface area contributed by atoms with E-state index < -0.39 is 0 Å². The Bertz CT molecular complexity index is 714. The first-order chi connectivity index (χ1) is 15.5. The van der Waals surface area contributed by atoms with Gasteiger partial charge < -0.3 is 10.6 Å². The molecule has 0 spiro atoms. The quantitative estimate of drug-likeness (QED) is 0.344. The van der Waals surface area contributed by atoms with Crippen molar-refractivity contribution in [1.29, 1.82) is 0 Å². The van der Waals surface area contributed by atoms with Crippen LogP contribution in [0.25, 0.3) is 0 Å². The van der Waals surface area contributed by atoms with Crippen molar-refractivity contribution in [2.75, 3.05) is 10.6 Å². The van der Waals surface area contributed by atoms with E-state index in [0.717, 1.165) is 23.4 Å². The molecule has 0 aromatic heterocycles. The summed E-state index contributed by atoms with van der Waals surface area (Å²) in [7, 11) is 0. The van der Waals surface area contributed by atoms with E-state index in [2.05, 4.69) is 58.8 Å². The number of carbonyl (C=O) groups excluding carboxylic acids is 2. The summed E-state index contributed by atoms with van der Waals surface area (Å²) in [4.78, 5) is 23.4. The first-order valence-electron chi connectivity index (χ1n) is 12.8. The maximum atomic E-state index is 11.8. The Morgan fingerprint density at radius 3 is 1.82 bits per heavy atom. The van der Waals surface area contributed by atoms with Gasteiger partial charge in [0.15, 0.2) is 0 Å². The van der Waals surface area contributed by atoms with Gasteiger partial charge in [0.05, 0.1) is 0 Å². The second-order valence-corrected chi connectivity index (χ2v) is 8.75. The van der Waals surface area contributed by atoms with E-state index >= 15 is 0 Å². The average molecular weight is 461 g/mol. The van der Waals surface area contributed by atoms with Crippen LogP contribution < -0.4 is 10.6 Å². The fourth-order valence-electron chi connectivity index (χ4n) is 4.28. The van der Waals surface area contributed by atoms with Gasteiger partial charge in [-0.15, -0.1) is 6.58 Å². The van der Waals surface area contributed by atoms with Crippen molar-refractivity contribution < 1.29 is 9.59 Å². The molecule has 190 valence electrons. The summed E-state index contributed by atoms with van der Waals surface area (Å²) in [5.74, 6) is 2.29. The molecule has 0 fully saturated rings. The van der Waals surface area contributed by atoms with Crippen molar-refractivity contribution in [2.24, 2.45) is 29.6 Å². The van der Waals surface area contributed by atoms with Crippen LogP contribution in [0.1, 0.15) is 101 Å². The molecule has 0 bridgehead atoms. The Morgan fingerprint density at radius 2 is 1.39 bits per heavy atom. The van der Waals surface area contributed by atoms with Gasteiger partial charge in [-0.1, -0.05) is 81.7 Å². The van der Waals surface area contributed by atoms with E-state index in [1.165, 1.54) is 13.8 Å². The fourth-order valence-corrected chi connectivity index (χ4v) is 4.28. The van der Waals surface area contributed by atoms with Gasteiger partial charge in [-0.3, -0.25) is 9.59 Å². The van der Waals surface area contributed by atoms with Gasteiger partial charge in [-0.25, -0.2) is 0 Å². The first kappa shape index (κ1) is 33.1. The standard InChI is InChI=1S/C25H40N2O2.2C2H6/c1-10-15(3)17(5)18(6)19(7)25(16(4)11-2)23-14-22(26-20(8)28)12-13-24(23)27-21(9)29;2*1-2/h10,12-19,25H,1,11H2,2-9H3,(H,26,28)(H,27,29);2*1-2H3. The summed E-state index contributed by atoms with van der Waals surface area (Å²) in [6, 6.07) is 5.79. The summed E-state index contributed by atoms with van der Waals surface area (Å²) >= 11 is 0. The fraction of sp³-hybridized carbons (Fsp3) is 0.655. The summed E-state index contributed by atoms with van der Waals surface area (Å²) in [6.07, 6.45) is 3.07. The molecule has 33 heavy (non-hydrogen) atoms. The molecule has 2 amide bonds. The lowest BCUT2D eigenvalue weighted by Gasteiger charge is -2.38. The van der Waals surface area contributed by atoms with Crippen molar-refractivity contribution in [3.05, 3.63) is 36.4 Å². The zero-order valence-corrected chi connectivity index (χ0v) is 23.5. The predicted molar refractivity (Wildman–Crippen MR) is 147 cm³/mol. The number of amides is 2. The lowest BCUT2D eigenvalue weighted by molar-refractivity contribution is -0.115. The van der Waals surface area contributed by atoms with Crippen LogP contribution >= 0.6 is 0 Å². The number of benzene rings is 1. The molecule has 1 aromatic carbocycles. The number of anilines is 2. The van der Waals surface area contributed by atoms with Gasteiger partial charge in [0.1, 0.15) is 0 Å². The van der Waals surface area contributed by atoms with Crippen molar-refractivity contribution in [3.8, 4) is 0 Å². The Balaban J connectivity index is 0. The highest BCUT2D eigenvalue weighted by molar-refractivity contribution is 5.92. The zero-order valence-electron chi connectivity index (χ0n) is 23.5. The highest BCUT2D eigenvalue weighted by atomic mass is 16.2. The van der Waals surface area contributed by atoms with Crippen LogP contribution in [0.2, 0.25) is 0 Å². The lowest BCUT2D eigenvalue weighted by Crippen LogP contribution is -2.29. The Morgan fingerprint density at radius 1 is 0.879 bits per heavy atom.